The Morgan fingerprint density at radius 1 is 1.26 bits per heavy atom. The van der Waals surface area contributed by atoms with Gasteiger partial charge in [0.2, 0.25) is 0 Å². The van der Waals surface area contributed by atoms with Gasteiger partial charge in [-0.1, -0.05) is 37.5 Å². The molecule has 3 nitrogen and oxygen atoms in total. The van der Waals surface area contributed by atoms with Crippen LogP contribution in [0.15, 0.2) is 36.9 Å². The lowest BCUT2D eigenvalue weighted by atomic mass is 9.95. The number of rotatable bonds is 5. The van der Waals surface area contributed by atoms with E-state index in [1.54, 1.807) is 6.08 Å². The molecule has 0 atom stereocenters. The zero-order valence-corrected chi connectivity index (χ0v) is 11.3. The number of nitrogens with one attached hydrogen (secondary N) is 2. The number of benzene rings is 1. The van der Waals surface area contributed by atoms with Crippen molar-refractivity contribution in [2.45, 2.75) is 38.1 Å². The van der Waals surface area contributed by atoms with Crippen LogP contribution in [0.4, 0.5) is 5.69 Å². The van der Waals surface area contributed by atoms with Gasteiger partial charge in [-0.05, 0) is 25.0 Å². The second-order valence-corrected chi connectivity index (χ2v) is 5.02. The van der Waals surface area contributed by atoms with Gasteiger partial charge in [-0.25, -0.2) is 0 Å². The minimum Gasteiger partial charge on any atom is -0.381 e. The molecule has 0 spiro atoms. The summed E-state index contributed by atoms with van der Waals surface area (Å²) >= 11 is 0. The molecule has 2 rings (SSSR count). The van der Waals surface area contributed by atoms with E-state index in [1.165, 1.54) is 19.3 Å². The van der Waals surface area contributed by atoms with Crippen LogP contribution in [0.1, 0.15) is 42.5 Å². The SMILES string of the molecule is C=CCNc1ccccc1C(=O)NC1CCCCC1. The highest BCUT2D eigenvalue weighted by Gasteiger charge is 2.18. The zero-order valence-electron chi connectivity index (χ0n) is 11.3. The van der Waals surface area contributed by atoms with Crippen LogP contribution in [0.3, 0.4) is 0 Å². The summed E-state index contributed by atoms with van der Waals surface area (Å²) in [6, 6.07) is 7.97. The first-order valence-electron chi connectivity index (χ1n) is 7.06. The van der Waals surface area contributed by atoms with Gasteiger partial charge in [0.15, 0.2) is 0 Å². The molecule has 1 aromatic rings. The molecule has 2 N–H and O–H groups in total. The van der Waals surface area contributed by atoms with E-state index in [-0.39, 0.29) is 5.91 Å². The van der Waals surface area contributed by atoms with Crippen LogP contribution in [0.5, 0.6) is 0 Å². The topological polar surface area (TPSA) is 41.1 Å². The lowest BCUT2D eigenvalue weighted by Crippen LogP contribution is -2.36. The molecule has 0 heterocycles. The van der Waals surface area contributed by atoms with Crippen LogP contribution in [0.2, 0.25) is 0 Å². The van der Waals surface area contributed by atoms with E-state index < -0.39 is 0 Å². The quantitative estimate of drug-likeness (QED) is 0.795. The predicted octanol–water partition coefficient (Wildman–Crippen LogP) is 3.35. The van der Waals surface area contributed by atoms with E-state index in [4.69, 9.17) is 0 Å². The summed E-state index contributed by atoms with van der Waals surface area (Å²) in [7, 11) is 0. The average molecular weight is 258 g/mol. The summed E-state index contributed by atoms with van der Waals surface area (Å²) in [5.41, 5.74) is 1.59. The maximum atomic E-state index is 12.3. The molecule has 0 unspecified atom stereocenters. The van der Waals surface area contributed by atoms with E-state index in [1.807, 2.05) is 24.3 Å². The molecule has 1 aliphatic carbocycles. The number of anilines is 1. The molecule has 0 aromatic heterocycles. The van der Waals surface area contributed by atoms with Crippen LogP contribution in [0.25, 0.3) is 0 Å². The lowest BCUT2D eigenvalue weighted by Gasteiger charge is -2.23. The molecule has 0 saturated heterocycles. The van der Waals surface area contributed by atoms with Crippen molar-refractivity contribution in [1.29, 1.82) is 0 Å². The Morgan fingerprint density at radius 2 is 2.00 bits per heavy atom. The Balaban J connectivity index is 2.02. The van der Waals surface area contributed by atoms with E-state index in [2.05, 4.69) is 17.2 Å². The Labute approximate surface area is 115 Å². The van der Waals surface area contributed by atoms with E-state index in [0.717, 1.165) is 24.1 Å². The van der Waals surface area contributed by atoms with Crippen LogP contribution >= 0.6 is 0 Å². The molecule has 1 aromatic carbocycles. The normalized spacial score (nSPS) is 15.8. The number of hydrogen-bond acceptors (Lipinski definition) is 2. The highest BCUT2D eigenvalue weighted by atomic mass is 16.1. The first-order valence-corrected chi connectivity index (χ1v) is 7.06. The maximum Gasteiger partial charge on any atom is 0.253 e. The summed E-state index contributed by atoms with van der Waals surface area (Å²) in [5, 5.41) is 6.35. The van der Waals surface area contributed by atoms with E-state index in [9.17, 15) is 4.79 Å². The third-order valence-corrected chi connectivity index (χ3v) is 3.55. The Hall–Kier alpha value is -1.77. The van der Waals surface area contributed by atoms with Crippen LogP contribution in [-0.4, -0.2) is 18.5 Å². The van der Waals surface area contributed by atoms with E-state index >= 15 is 0 Å². The standard InChI is InChI=1S/C16H22N2O/c1-2-12-17-15-11-7-6-10-14(15)16(19)18-13-8-4-3-5-9-13/h2,6-7,10-11,13,17H,1,3-5,8-9,12H2,(H,18,19). The van der Waals surface area contributed by atoms with Crippen molar-refractivity contribution in [1.82, 2.24) is 5.32 Å². The Bertz CT molecular complexity index is 436. The first-order chi connectivity index (χ1) is 9.31. The molecule has 1 aliphatic rings. The van der Waals surface area contributed by atoms with Crippen molar-refractivity contribution in [3.05, 3.63) is 42.5 Å². The molecule has 3 heteroatoms. The number of amides is 1. The molecule has 1 amide bonds. The molecule has 1 fully saturated rings. The second kappa shape index (κ2) is 6.98. The van der Waals surface area contributed by atoms with Gasteiger partial charge in [-0.3, -0.25) is 4.79 Å². The largest absolute Gasteiger partial charge is 0.381 e. The van der Waals surface area contributed by atoms with Crippen molar-refractivity contribution in [2.75, 3.05) is 11.9 Å². The molecular formula is C16H22N2O. The summed E-state index contributed by atoms with van der Waals surface area (Å²) in [6.07, 6.45) is 7.74. The summed E-state index contributed by atoms with van der Waals surface area (Å²) in [4.78, 5) is 12.3. The fourth-order valence-corrected chi connectivity index (χ4v) is 2.53. The Morgan fingerprint density at radius 3 is 2.74 bits per heavy atom. The van der Waals surface area contributed by atoms with E-state index in [0.29, 0.717) is 12.6 Å². The van der Waals surface area contributed by atoms with Crippen LogP contribution in [-0.2, 0) is 0 Å². The Kier molecular flexibility index (Phi) is 5.01. The molecule has 0 bridgehead atoms. The third-order valence-electron chi connectivity index (χ3n) is 3.55. The van der Waals surface area contributed by atoms with Gasteiger partial charge in [-0.2, -0.15) is 0 Å². The highest BCUT2D eigenvalue weighted by Crippen LogP contribution is 2.19. The van der Waals surface area contributed by atoms with Crippen molar-refractivity contribution >= 4 is 11.6 Å². The van der Waals surface area contributed by atoms with Gasteiger partial charge in [0.1, 0.15) is 0 Å². The van der Waals surface area contributed by atoms with Gasteiger partial charge >= 0.3 is 0 Å². The van der Waals surface area contributed by atoms with Gasteiger partial charge in [0.25, 0.3) is 5.91 Å². The average Bonchev–Trinajstić information content (AvgIpc) is 2.46. The molecule has 0 aliphatic heterocycles. The molecule has 19 heavy (non-hydrogen) atoms. The van der Waals surface area contributed by atoms with Crippen LogP contribution < -0.4 is 10.6 Å². The monoisotopic (exact) mass is 258 g/mol. The molecule has 102 valence electrons. The minimum absolute atomic E-state index is 0.0269. The van der Waals surface area contributed by atoms with Gasteiger partial charge in [0.05, 0.1) is 5.56 Å². The molecule has 0 radical (unpaired) electrons. The smallest absolute Gasteiger partial charge is 0.253 e. The molecule has 1 saturated carbocycles. The maximum absolute atomic E-state index is 12.3. The van der Waals surface area contributed by atoms with Gasteiger partial charge in [-0.15, -0.1) is 6.58 Å². The molecular weight excluding hydrogens is 236 g/mol. The number of para-hydroxylation sites is 1. The van der Waals surface area contributed by atoms with Crippen molar-refractivity contribution in [3.8, 4) is 0 Å². The second-order valence-electron chi connectivity index (χ2n) is 5.02. The fourth-order valence-electron chi connectivity index (χ4n) is 2.53. The van der Waals surface area contributed by atoms with Crippen molar-refractivity contribution in [2.24, 2.45) is 0 Å². The summed E-state index contributed by atoms with van der Waals surface area (Å²) in [5.74, 6) is 0.0269. The fraction of sp³-hybridized carbons (Fsp3) is 0.438. The number of carbonyl (C=O) groups excluding carboxylic acids is 1. The first kappa shape index (κ1) is 13.7. The zero-order chi connectivity index (χ0) is 13.5. The van der Waals surface area contributed by atoms with Gasteiger partial charge < -0.3 is 10.6 Å². The lowest BCUT2D eigenvalue weighted by molar-refractivity contribution is 0.0928. The van der Waals surface area contributed by atoms with Crippen molar-refractivity contribution < 1.29 is 4.79 Å². The third kappa shape index (κ3) is 3.85. The number of hydrogen-bond donors (Lipinski definition) is 2. The predicted molar refractivity (Wildman–Crippen MR) is 79.5 cm³/mol. The summed E-state index contributed by atoms with van der Waals surface area (Å²) < 4.78 is 0. The minimum atomic E-state index is 0.0269. The number of carbonyl (C=O) groups is 1. The van der Waals surface area contributed by atoms with Gasteiger partial charge in [0, 0.05) is 18.3 Å². The van der Waals surface area contributed by atoms with Crippen molar-refractivity contribution in [3.63, 3.8) is 0 Å². The highest BCUT2D eigenvalue weighted by molar-refractivity contribution is 5.99. The van der Waals surface area contributed by atoms with Crippen LogP contribution in [0, 0.1) is 0 Å². The summed E-state index contributed by atoms with van der Waals surface area (Å²) in [6.45, 7) is 4.34.